The molecule has 0 aromatic rings. The van der Waals surface area contributed by atoms with Crippen LogP contribution < -0.4 is 0 Å². The van der Waals surface area contributed by atoms with Gasteiger partial charge in [-0.3, -0.25) is 9.59 Å². The molecule has 2 N–H and O–H groups in total. The van der Waals surface area contributed by atoms with Crippen molar-refractivity contribution in [1.29, 1.82) is 0 Å². The van der Waals surface area contributed by atoms with Gasteiger partial charge >= 0.3 is 11.9 Å². The van der Waals surface area contributed by atoms with E-state index in [0.717, 1.165) is 12.2 Å². The van der Waals surface area contributed by atoms with Crippen LogP contribution in [0.25, 0.3) is 0 Å². The Bertz CT molecular complexity index is 294. The Morgan fingerprint density at radius 1 is 0.864 bits per heavy atom. The van der Waals surface area contributed by atoms with Gasteiger partial charge in [0.05, 0.1) is 12.3 Å². The van der Waals surface area contributed by atoms with Crippen molar-refractivity contribution >= 4 is 23.7 Å². The molecule has 22 heavy (non-hydrogen) atoms. The lowest BCUT2D eigenvalue weighted by atomic mass is 10.1. The fourth-order valence-corrected chi connectivity index (χ4v) is 3.47. The van der Waals surface area contributed by atoms with Crippen LogP contribution >= 0.6 is 11.8 Å². The van der Waals surface area contributed by atoms with Gasteiger partial charge < -0.3 is 10.2 Å². The summed E-state index contributed by atoms with van der Waals surface area (Å²) in [5, 5.41) is 17.6. The summed E-state index contributed by atoms with van der Waals surface area (Å²) in [6, 6.07) is 0. The van der Waals surface area contributed by atoms with Crippen molar-refractivity contribution in [1.82, 2.24) is 0 Å². The second-order valence-corrected chi connectivity index (χ2v) is 7.04. The van der Waals surface area contributed by atoms with Crippen molar-refractivity contribution in [3.8, 4) is 0 Å². The van der Waals surface area contributed by atoms with Crippen molar-refractivity contribution in [2.75, 3.05) is 11.5 Å². The molecule has 0 heterocycles. The number of carboxylic acids is 2. The second-order valence-electron chi connectivity index (χ2n) is 5.89. The molecule has 1 unspecified atom stereocenters. The van der Waals surface area contributed by atoms with Gasteiger partial charge in [0.2, 0.25) is 0 Å². The van der Waals surface area contributed by atoms with E-state index in [1.54, 1.807) is 11.8 Å². The number of thioether (sulfide) groups is 1. The number of aliphatic carboxylic acids is 2. The molecule has 0 saturated carbocycles. The molecular formula is C17H32O4S. The van der Waals surface area contributed by atoms with Gasteiger partial charge in [0.25, 0.3) is 0 Å². The van der Waals surface area contributed by atoms with E-state index in [-0.39, 0.29) is 6.42 Å². The smallest absolute Gasteiger partial charge is 0.307 e. The zero-order valence-electron chi connectivity index (χ0n) is 13.9. The summed E-state index contributed by atoms with van der Waals surface area (Å²) >= 11 is 1.56. The molecule has 5 heteroatoms. The van der Waals surface area contributed by atoms with Gasteiger partial charge in [-0.05, 0) is 12.2 Å². The van der Waals surface area contributed by atoms with E-state index in [4.69, 9.17) is 10.2 Å². The van der Waals surface area contributed by atoms with Crippen LogP contribution in [0.3, 0.4) is 0 Å². The third-order valence-corrected chi connectivity index (χ3v) is 4.95. The third-order valence-electron chi connectivity index (χ3n) is 3.73. The normalized spacial score (nSPS) is 12.2. The number of hydrogen-bond acceptors (Lipinski definition) is 3. The van der Waals surface area contributed by atoms with Crippen LogP contribution in [0.15, 0.2) is 0 Å². The number of carboxylic acid groups (broad SMARTS) is 2. The number of unbranched alkanes of at least 4 members (excludes halogenated alkanes) is 9. The van der Waals surface area contributed by atoms with Crippen LogP contribution in [0, 0.1) is 5.92 Å². The lowest BCUT2D eigenvalue weighted by Gasteiger charge is -2.09. The molecule has 0 radical (unpaired) electrons. The SMILES string of the molecule is CCCCCCCCCCCCSCC(CC(=O)O)C(=O)O. The summed E-state index contributed by atoms with van der Waals surface area (Å²) in [5.41, 5.74) is 0. The topological polar surface area (TPSA) is 74.6 Å². The largest absolute Gasteiger partial charge is 0.481 e. The zero-order chi connectivity index (χ0) is 16.6. The molecule has 0 aliphatic carbocycles. The van der Waals surface area contributed by atoms with E-state index in [1.807, 2.05) is 0 Å². The van der Waals surface area contributed by atoms with Crippen LogP contribution in [0.1, 0.15) is 77.6 Å². The molecule has 0 fully saturated rings. The standard InChI is InChI=1S/C17H32O4S/c1-2-3-4-5-6-7-8-9-10-11-12-22-14-15(17(20)21)13-16(18)19/h15H,2-14H2,1H3,(H,18,19)(H,20,21). The van der Waals surface area contributed by atoms with E-state index in [2.05, 4.69) is 6.92 Å². The van der Waals surface area contributed by atoms with Crippen LogP contribution in [-0.2, 0) is 9.59 Å². The third kappa shape index (κ3) is 14.2. The first-order valence-corrected chi connectivity index (χ1v) is 9.75. The molecule has 0 amide bonds. The van der Waals surface area contributed by atoms with Gasteiger partial charge in [0.1, 0.15) is 0 Å². The summed E-state index contributed by atoms with van der Waals surface area (Å²) in [6.07, 6.45) is 12.6. The highest BCUT2D eigenvalue weighted by atomic mass is 32.2. The Hall–Kier alpha value is -0.710. The minimum atomic E-state index is -1.04. The summed E-state index contributed by atoms with van der Waals surface area (Å²) in [6.45, 7) is 2.23. The molecule has 130 valence electrons. The highest BCUT2D eigenvalue weighted by Crippen LogP contribution is 2.16. The quantitative estimate of drug-likeness (QED) is 0.396. The van der Waals surface area contributed by atoms with Crippen molar-refractivity contribution in [3.05, 3.63) is 0 Å². The summed E-state index contributed by atoms with van der Waals surface area (Å²) in [5.74, 6) is -1.46. The van der Waals surface area contributed by atoms with Crippen LogP contribution in [0.2, 0.25) is 0 Å². The first-order valence-electron chi connectivity index (χ1n) is 8.60. The van der Waals surface area contributed by atoms with E-state index < -0.39 is 17.9 Å². The van der Waals surface area contributed by atoms with Gasteiger partial charge in [0.15, 0.2) is 0 Å². The second kappa shape index (κ2) is 15.2. The highest BCUT2D eigenvalue weighted by Gasteiger charge is 2.20. The fourth-order valence-electron chi connectivity index (χ4n) is 2.35. The van der Waals surface area contributed by atoms with E-state index in [9.17, 15) is 9.59 Å². The van der Waals surface area contributed by atoms with Crippen LogP contribution in [0.5, 0.6) is 0 Å². The predicted octanol–water partition coefficient (Wildman–Crippen LogP) is 4.82. The van der Waals surface area contributed by atoms with Crippen molar-refractivity contribution in [3.63, 3.8) is 0 Å². The first-order chi connectivity index (χ1) is 10.6. The predicted molar refractivity (Wildman–Crippen MR) is 92.5 cm³/mol. The Morgan fingerprint density at radius 3 is 1.82 bits per heavy atom. The summed E-state index contributed by atoms with van der Waals surface area (Å²) < 4.78 is 0. The maximum atomic E-state index is 10.9. The van der Waals surface area contributed by atoms with Crippen LogP contribution in [-0.4, -0.2) is 33.7 Å². The number of carbonyl (C=O) groups is 2. The van der Waals surface area contributed by atoms with Gasteiger partial charge in [-0.15, -0.1) is 0 Å². The molecule has 0 aromatic carbocycles. The number of hydrogen-bond donors (Lipinski definition) is 2. The van der Waals surface area contributed by atoms with E-state index in [0.29, 0.717) is 5.75 Å². The van der Waals surface area contributed by atoms with Gasteiger partial charge in [-0.2, -0.15) is 11.8 Å². The lowest BCUT2D eigenvalue weighted by molar-refractivity contribution is -0.147. The Labute approximate surface area is 139 Å². The first kappa shape index (κ1) is 21.3. The summed E-state index contributed by atoms with van der Waals surface area (Å²) in [7, 11) is 0. The average molecular weight is 333 g/mol. The minimum Gasteiger partial charge on any atom is -0.481 e. The number of rotatable bonds is 16. The van der Waals surface area contributed by atoms with E-state index in [1.165, 1.54) is 57.8 Å². The average Bonchev–Trinajstić information content (AvgIpc) is 2.46. The Morgan fingerprint density at radius 2 is 1.36 bits per heavy atom. The molecule has 0 bridgehead atoms. The summed E-state index contributed by atoms with van der Waals surface area (Å²) in [4.78, 5) is 21.5. The van der Waals surface area contributed by atoms with Gasteiger partial charge in [0, 0.05) is 5.75 Å². The maximum Gasteiger partial charge on any atom is 0.307 e. The molecule has 0 aliphatic heterocycles. The molecule has 0 aliphatic rings. The Kier molecular flexibility index (Phi) is 14.7. The molecule has 0 rings (SSSR count). The van der Waals surface area contributed by atoms with Crippen molar-refractivity contribution in [2.45, 2.75) is 77.6 Å². The van der Waals surface area contributed by atoms with Gasteiger partial charge in [-0.25, -0.2) is 0 Å². The fraction of sp³-hybridized carbons (Fsp3) is 0.882. The van der Waals surface area contributed by atoms with Crippen molar-refractivity contribution in [2.24, 2.45) is 5.92 Å². The minimum absolute atomic E-state index is 0.277. The van der Waals surface area contributed by atoms with Crippen molar-refractivity contribution < 1.29 is 19.8 Å². The molecule has 0 aromatic heterocycles. The van der Waals surface area contributed by atoms with Crippen LogP contribution in [0.4, 0.5) is 0 Å². The molecular weight excluding hydrogens is 300 g/mol. The molecule has 0 saturated heterocycles. The monoisotopic (exact) mass is 332 g/mol. The lowest BCUT2D eigenvalue weighted by Crippen LogP contribution is -2.20. The maximum absolute atomic E-state index is 10.9. The molecule has 0 spiro atoms. The van der Waals surface area contributed by atoms with Gasteiger partial charge in [-0.1, -0.05) is 64.7 Å². The Balaban J connectivity index is 3.35. The molecule has 1 atom stereocenters. The molecule has 4 nitrogen and oxygen atoms in total. The van der Waals surface area contributed by atoms with E-state index >= 15 is 0 Å². The zero-order valence-corrected chi connectivity index (χ0v) is 14.7. The highest BCUT2D eigenvalue weighted by molar-refractivity contribution is 7.99.